The second kappa shape index (κ2) is 6.41. The van der Waals surface area contributed by atoms with Crippen molar-refractivity contribution in [2.75, 3.05) is 7.11 Å². The lowest BCUT2D eigenvalue weighted by atomic mass is 9.43. The molecule has 0 N–H and O–H groups in total. The summed E-state index contributed by atoms with van der Waals surface area (Å²) in [5.74, 6) is 4.06. The molecule has 8 unspecified atom stereocenters. The highest BCUT2D eigenvalue weighted by atomic mass is 16.5. The van der Waals surface area contributed by atoms with Crippen molar-refractivity contribution in [1.82, 2.24) is 0 Å². The van der Waals surface area contributed by atoms with Crippen LogP contribution in [0.5, 0.6) is 0 Å². The summed E-state index contributed by atoms with van der Waals surface area (Å²) >= 11 is 0. The van der Waals surface area contributed by atoms with Gasteiger partial charge in [0.25, 0.3) is 0 Å². The van der Waals surface area contributed by atoms with E-state index in [1.807, 2.05) is 7.11 Å². The average molecular weight is 335 g/mol. The molecule has 0 aromatic rings. The number of carbonyl (C=O) groups excluding carboxylic acids is 1. The van der Waals surface area contributed by atoms with Gasteiger partial charge >= 0.3 is 0 Å². The second-order valence-electron chi connectivity index (χ2n) is 9.74. The molecule has 0 spiro atoms. The first-order valence-electron chi connectivity index (χ1n) is 10.3. The van der Waals surface area contributed by atoms with Crippen molar-refractivity contribution in [3.63, 3.8) is 0 Å². The molecular formula is C22H38O2. The third-order valence-electron chi connectivity index (χ3n) is 8.91. The molecule has 3 rings (SSSR count). The van der Waals surface area contributed by atoms with Gasteiger partial charge in [-0.25, -0.2) is 0 Å². The van der Waals surface area contributed by atoms with Gasteiger partial charge in [0.1, 0.15) is 5.78 Å². The van der Waals surface area contributed by atoms with Crippen LogP contribution in [-0.2, 0) is 9.53 Å². The summed E-state index contributed by atoms with van der Waals surface area (Å²) in [4.78, 5) is 12.7. The molecule has 3 saturated carbocycles. The lowest BCUT2D eigenvalue weighted by Crippen LogP contribution is -2.60. The summed E-state index contributed by atoms with van der Waals surface area (Å²) in [6, 6.07) is 0. The van der Waals surface area contributed by atoms with Gasteiger partial charge in [-0.2, -0.15) is 0 Å². The van der Waals surface area contributed by atoms with Crippen molar-refractivity contribution in [2.24, 2.45) is 40.4 Å². The molecule has 0 amide bonds. The number of carbonyl (C=O) groups is 1. The highest BCUT2D eigenvalue weighted by molar-refractivity contribution is 5.83. The van der Waals surface area contributed by atoms with Crippen LogP contribution in [-0.4, -0.2) is 19.0 Å². The molecule has 3 aliphatic carbocycles. The largest absolute Gasteiger partial charge is 0.380 e. The first-order chi connectivity index (χ1) is 11.3. The van der Waals surface area contributed by atoms with Gasteiger partial charge in [0.2, 0.25) is 0 Å². The van der Waals surface area contributed by atoms with Gasteiger partial charge in [-0.1, -0.05) is 33.6 Å². The lowest BCUT2D eigenvalue weighted by molar-refractivity contribution is -0.182. The van der Waals surface area contributed by atoms with Crippen molar-refractivity contribution in [1.29, 1.82) is 0 Å². The molecule has 8 atom stereocenters. The Morgan fingerprint density at radius 2 is 1.88 bits per heavy atom. The Kier molecular flexibility index (Phi) is 4.92. The molecule has 0 bridgehead atoms. The fourth-order valence-electron chi connectivity index (χ4n) is 7.29. The topological polar surface area (TPSA) is 26.3 Å². The fourth-order valence-corrected chi connectivity index (χ4v) is 7.29. The Balaban J connectivity index is 1.97. The first kappa shape index (κ1) is 18.4. The van der Waals surface area contributed by atoms with Crippen LogP contribution in [0.25, 0.3) is 0 Å². The van der Waals surface area contributed by atoms with Crippen LogP contribution in [0, 0.1) is 40.4 Å². The van der Waals surface area contributed by atoms with E-state index < -0.39 is 0 Å². The van der Waals surface area contributed by atoms with Gasteiger partial charge in [-0.15, -0.1) is 0 Å². The zero-order chi connectivity index (χ0) is 17.7. The van der Waals surface area contributed by atoms with Crippen LogP contribution < -0.4 is 0 Å². The molecule has 3 aliphatic rings. The van der Waals surface area contributed by atoms with Crippen molar-refractivity contribution in [3.8, 4) is 0 Å². The van der Waals surface area contributed by atoms with Gasteiger partial charge in [0.15, 0.2) is 0 Å². The zero-order valence-corrected chi connectivity index (χ0v) is 16.7. The minimum atomic E-state index is -0.296. The molecule has 3 fully saturated rings. The van der Waals surface area contributed by atoms with Crippen LogP contribution in [0.1, 0.15) is 79.6 Å². The highest BCUT2D eigenvalue weighted by Crippen LogP contribution is 2.64. The predicted molar refractivity (Wildman–Crippen MR) is 98.8 cm³/mol. The van der Waals surface area contributed by atoms with Crippen LogP contribution >= 0.6 is 0 Å². The number of ketones is 1. The minimum absolute atomic E-state index is 0.0936. The number of rotatable bonds is 3. The third kappa shape index (κ3) is 2.50. The number of hydrogen-bond acceptors (Lipinski definition) is 2. The summed E-state index contributed by atoms with van der Waals surface area (Å²) in [5.41, 5.74) is 0.174. The van der Waals surface area contributed by atoms with E-state index in [9.17, 15) is 4.79 Å². The van der Waals surface area contributed by atoms with Gasteiger partial charge in [-0.05, 0) is 81.0 Å². The number of methoxy groups -OCH3 is 1. The quantitative estimate of drug-likeness (QED) is 0.681. The second-order valence-corrected chi connectivity index (χ2v) is 9.74. The van der Waals surface area contributed by atoms with Crippen molar-refractivity contribution < 1.29 is 9.53 Å². The van der Waals surface area contributed by atoms with Crippen molar-refractivity contribution in [3.05, 3.63) is 0 Å². The Morgan fingerprint density at radius 1 is 1.17 bits per heavy atom. The SMILES string of the molecule is CCC1C2CCC3CC(C)CCC3(C)C2CC(OC)C1(C)C(C)=O. The highest BCUT2D eigenvalue weighted by Gasteiger charge is 2.60. The van der Waals surface area contributed by atoms with E-state index in [0.29, 0.717) is 23.0 Å². The maximum Gasteiger partial charge on any atom is 0.138 e. The van der Waals surface area contributed by atoms with Gasteiger partial charge in [-0.3, -0.25) is 4.79 Å². The zero-order valence-electron chi connectivity index (χ0n) is 16.7. The number of fused-ring (bicyclic) bond motifs is 3. The van der Waals surface area contributed by atoms with Crippen LogP contribution in [0.2, 0.25) is 0 Å². The van der Waals surface area contributed by atoms with Crippen molar-refractivity contribution in [2.45, 2.75) is 85.7 Å². The average Bonchev–Trinajstić information content (AvgIpc) is 2.54. The number of ether oxygens (including phenoxy) is 1. The molecule has 2 nitrogen and oxygen atoms in total. The molecular weight excluding hydrogens is 296 g/mol. The van der Waals surface area contributed by atoms with Crippen LogP contribution in [0.4, 0.5) is 0 Å². The van der Waals surface area contributed by atoms with E-state index in [4.69, 9.17) is 4.74 Å². The Morgan fingerprint density at radius 3 is 2.46 bits per heavy atom. The molecule has 138 valence electrons. The predicted octanol–water partition coefficient (Wildman–Crippen LogP) is 5.50. The molecule has 0 heterocycles. The lowest BCUT2D eigenvalue weighted by Gasteiger charge is -2.62. The van der Waals surface area contributed by atoms with Crippen LogP contribution in [0.3, 0.4) is 0 Å². The van der Waals surface area contributed by atoms with Crippen LogP contribution in [0.15, 0.2) is 0 Å². The van der Waals surface area contributed by atoms with E-state index in [1.54, 1.807) is 6.92 Å². The summed E-state index contributed by atoms with van der Waals surface area (Å²) in [6.45, 7) is 11.3. The summed E-state index contributed by atoms with van der Waals surface area (Å²) < 4.78 is 5.97. The molecule has 0 aromatic carbocycles. The molecule has 0 aromatic heterocycles. The van der Waals surface area contributed by atoms with E-state index >= 15 is 0 Å². The third-order valence-corrected chi connectivity index (χ3v) is 8.91. The van der Waals surface area contributed by atoms with E-state index in [0.717, 1.165) is 30.6 Å². The fraction of sp³-hybridized carbons (Fsp3) is 0.955. The summed E-state index contributed by atoms with van der Waals surface area (Å²) in [5, 5.41) is 0. The van der Waals surface area contributed by atoms with E-state index in [-0.39, 0.29) is 11.5 Å². The van der Waals surface area contributed by atoms with Gasteiger partial charge < -0.3 is 4.74 Å². The molecule has 0 saturated heterocycles. The standard InChI is InChI=1S/C22H38O2/c1-7-18-17-9-8-16-12-14(2)10-11-21(16,4)19(17)13-20(24-6)22(18,5)15(3)23/h14,16-20H,7-13H2,1-6H3. The number of hydrogen-bond donors (Lipinski definition) is 0. The minimum Gasteiger partial charge on any atom is -0.380 e. The first-order valence-corrected chi connectivity index (χ1v) is 10.3. The summed E-state index contributed by atoms with van der Waals surface area (Å²) in [6.07, 6.45) is 9.18. The molecule has 0 aliphatic heterocycles. The normalized spacial score (nSPS) is 51.6. The monoisotopic (exact) mass is 334 g/mol. The maximum atomic E-state index is 12.7. The van der Waals surface area contributed by atoms with Gasteiger partial charge in [0.05, 0.1) is 11.5 Å². The Labute approximate surface area is 149 Å². The summed E-state index contributed by atoms with van der Waals surface area (Å²) in [7, 11) is 1.82. The van der Waals surface area contributed by atoms with E-state index in [2.05, 4.69) is 27.7 Å². The Bertz CT molecular complexity index is 486. The van der Waals surface area contributed by atoms with Gasteiger partial charge in [0, 0.05) is 7.11 Å². The molecule has 2 heteroatoms. The van der Waals surface area contributed by atoms with E-state index in [1.165, 1.54) is 32.1 Å². The smallest absolute Gasteiger partial charge is 0.138 e. The molecule has 0 radical (unpaired) electrons. The maximum absolute atomic E-state index is 12.7. The number of Topliss-reactive ketones (excluding diaryl/α,β-unsaturated/α-hetero) is 1. The Hall–Kier alpha value is -0.370. The van der Waals surface area contributed by atoms with Crippen molar-refractivity contribution >= 4 is 5.78 Å². The molecule has 24 heavy (non-hydrogen) atoms.